The number of hydrogen-bond donors (Lipinski definition) is 0. The van der Waals surface area contributed by atoms with Crippen LogP contribution in [0.1, 0.15) is 23.6 Å². The molecular formula is C17H15F3. The third kappa shape index (κ3) is 2.24. The van der Waals surface area contributed by atoms with Crippen LogP contribution in [0.3, 0.4) is 0 Å². The molecular weight excluding hydrogens is 261 g/mol. The van der Waals surface area contributed by atoms with Crippen molar-refractivity contribution in [1.82, 2.24) is 0 Å². The third-order valence-corrected chi connectivity index (χ3v) is 3.29. The van der Waals surface area contributed by atoms with Crippen LogP contribution < -0.4 is 0 Å². The van der Waals surface area contributed by atoms with Crippen LogP contribution in [0.4, 0.5) is 13.2 Å². The molecule has 0 radical (unpaired) electrons. The molecule has 0 heterocycles. The lowest BCUT2D eigenvalue weighted by Gasteiger charge is -2.14. The Labute approximate surface area is 116 Å². The Hall–Kier alpha value is -2.03. The lowest BCUT2D eigenvalue weighted by Crippen LogP contribution is -2.04. The van der Waals surface area contributed by atoms with Gasteiger partial charge < -0.3 is 0 Å². The second-order valence-electron chi connectivity index (χ2n) is 4.97. The highest BCUT2D eigenvalue weighted by atomic mass is 19.2. The van der Waals surface area contributed by atoms with Crippen molar-refractivity contribution in [2.75, 3.05) is 0 Å². The first kappa shape index (κ1) is 14.4. The summed E-state index contributed by atoms with van der Waals surface area (Å²) in [5, 5.41) is 0. The van der Waals surface area contributed by atoms with Crippen LogP contribution in [0.2, 0.25) is 0 Å². The number of allylic oxidation sites excluding steroid dienone is 1. The highest BCUT2D eigenvalue weighted by Gasteiger charge is 2.23. The second kappa shape index (κ2) is 5.16. The van der Waals surface area contributed by atoms with E-state index < -0.39 is 17.5 Å². The molecule has 0 aromatic heterocycles. The molecule has 2 aromatic rings. The number of benzene rings is 2. The molecule has 0 aliphatic carbocycles. The van der Waals surface area contributed by atoms with Gasteiger partial charge in [0.05, 0.1) is 5.56 Å². The average Bonchev–Trinajstić information content (AvgIpc) is 2.37. The lowest BCUT2D eigenvalue weighted by molar-refractivity contribution is 0.491. The van der Waals surface area contributed by atoms with E-state index in [0.29, 0.717) is 5.56 Å². The first-order valence-corrected chi connectivity index (χ1v) is 6.24. The predicted molar refractivity (Wildman–Crippen MR) is 75.9 cm³/mol. The van der Waals surface area contributed by atoms with Gasteiger partial charge in [0.2, 0.25) is 0 Å². The standard InChI is InChI=1S/C17H15F3/c1-9(2)13-15(18)11(4)14(17(20)16(13)19)12-7-5-6-10(3)8-12/h5-8H,1H2,2-4H3. The van der Waals surface area contributed by atoms with E-state index in [1.165, 1.54) is 13.8 Å². The van der Waals surface area contributed by atoms with E-state index in [0.717, 1.165) is 5.56 Å². The van der Waals surface area contributed by atoms with Crippen molar-refractivity contribution >= 4 is 5.57 Å². The molecule has 20 heavy (non-hydrogen) atoms. The molecule has 0 saturated heterocycles. The minimum atomic E-state index is -1.18. The lowest BCUT2D eigenvalue weighted by atomic mass is 9.93. The highest BCUT2D eigenvalue weighted by Crippen LogP contribution is 2.35. The molecule has 0 saturated carbocycles. The summed E-state index contributed by atoms with van der Waals surface area (Å²) in [5.41, 5.74) is 1.20. The number of halogens is 3. The van der Waals surface area contributed by atoms with Gasteiger partial charge in [-0.1, -0.05) is 36.4 Å². The van der Waals surface area contributed by atoms with E-state index in [-0.39, 0.29) is 22.3 Å². The first-order chi connectivity index (χ1) is 9.34. The summed E-state index contributed by atoms with van der Waals surface area (Å²) in [5.74, 6) is -2.97. The van der Waals surface area contributed by atoms with Gasteiger partial charge in [-0.2, -0.15) is 0 Å². The summed E-state index contributed by atoms with van der Waals surface area (Å²) in [6.07, 6.45) is 0. The van der Waals surface area contributed by atoms with Gasteiger partial charge in [0.25, 0.3) is 0 Å². The van der Waals surface area contributed by atoms with Gasteiger partial charge in [-0.3, -0.25) is 0 Å². The molecule has 0 bridgehead atoms. The molecule has 0 amide bonds. The van der Waals surface area contributed by atoms with Crippen molar-refractivity contribution in [2.24, 2.45) is 0 Å². The predicted octanol–water partition coefficient (Wildman–Crippen LogP) is 5.42. The van der Waals surface area contributed by atoms with Gasteiger partial charge in [0, 0.05) is 5.56 Å². The van der Waals surface area contributed by atoms with Crippen molar-refractivity contribution in [3.8, 4) is 11.1 Å². The Morgan fingerprint density at radius 1 is 1.00 bits per heavy atom. The van der Waals surface area contributed by atoms with Crippen LogP contribution in [0, 0.1) is 31.3 Å². The Morgan fingerprint density at radius 3 is 2.20 bits per heavy atom. The van der Waals surface area contributed by atoms with E-state index in [1.54, 1.807) is 18.2 Å². The molecule has 0 unspecified atom stereocenters. The van der Waals surface area contributed by atoms with Gasteiger partial charge in [-0.25, -0.2) is 13.2 Å². The van der Waals surface area contributed by atoms with Gasteiger partial charge in [0.15, 0.2) is 11.6 Å². The Morgan fingerprint density at radius 2 is 1.65 bits per heavy atom. The zero-order chi connectivity index (χ0) is 15.0. The van der Waals surface area contributed by atoms with Crippen LogP contribution in [-0.4, -0.2) is 0 Å². The molecule has 104 valence electrons. The molecule has 0 spiro atoms. The molecule has 2 aromatic carbocycles. The molecule has 0 fully saturated rings. The zero-order valence-electron chi connectivity index (χ0n) is 11.7. The van der Waals surface area contributed by atoms with Crippen molar-refractivity contribution in [3.05, 3.63) is 65.0 Å². The largest absolute Gasteiger partial charge is 0.206 e. The Balaban J connectivity index is 2.83. The summed E-state index contributed by atoms with van der Waals surface area (Å²) in [6, 6.07) is 6.90. The Kier molecular flexibility index (Phi) is 3.71. The summed E-state index contributed by atoms with van der Waals surface area (Å²) < 4.78 is 42.6. The molecule has 3 heteroatoms. The maximum absolute atomic E-state index is 14.3. The average molecular weight is 276 g/mol. The Bertz CT molecular complexity index is 671. The van der Waals surface area contributed by atoms with E-state index in [9.17, 15) is 13.2 Å². The van der Waals surface area contributed by atoms with E-state index in [4.69, 9.17) is 0 Å². The molecule has 0 aliphatic rings. The normalized spacial score (nSPS) is 10.7. The number of hydrogen-bond acceptors (Lipinski definition) is 0. The fourth-order valence-corrected chi connectivity index (χ4v) is 2.30. The molecule has 0 nitrogen and oxygen atoms in total. The summed E-state index contributed by atoms with van der Waals surface area (Å²) >= 11 is 0. The minimum Gasteiger partial charge on any atom is -0.206 e. The molecule has 0 aliphatic heterocycles. The number of aryl methyl sites for hydroxylation is 1. The fourth-order valence-electron chi connectivity index (χ4n) is 2.30. The van der Waals surface area contributed by atoms with Crippen molar-refractivity contribution in [3.63, 3.8) is 0 Å². The SMILES string of the molecule is C=C(C)c1c(F)c(C)c(-c2cccc(C)c2)c(F)c1F. The second-order valence-corrected chi connectivity index (χ2v) is 4.97. The summed E-state index contributed by atoms with van der Waals surface area (Å²) in [4.78, 5) is 0. The fraction of sp³-hybridized carbons (Fsp3) is 0.176. The van der Waals surface area contributed by atoms with Crippen LogP contribution in [0.5, 0.6) is 0 Å². The summed E-state index contributed by atoms with van der Waals surface area (Å²) in [7, 11) is 0. The van der Waals surface area contributed by atoms with Gasteiger partial charge in [-0.05, 0) is 37.5 Å². The van der Waals surface area contributed by atoms with Crippen LogP contribution in [0.15, 0.2) is 30.8 Å². The van der Waals surface area contributed by atoms with Crippen molar-refractivity contribution in [2.45, 2.75) is 20.8 Å². The van der Waals surface area contributed by atoms with E-state index in [2.05, 4.69) is 6.58 Å². The van der Waals surface area contributed by atoms with Crippen molar-refractivity contribution < 1.29 is 13.2 Å². The monoisotopic (exact) mass is 276 g/mol. The molecule has 0 atom stereocenters. The maximum Gasteiger partial charge on any atom is 0.169 e. The zero-order valence-corrected chi connectivity index (χ0v) is 11.7. The summed E-state index contributed by atoms with van der Waals surface area (Å²) in [6.45, 7) is 8.24. The topological polar surface area (TPSA) is 0 Å². The maximum atomic E-state index is 14.3. The van der Waals surface area contributed by atoms with Gasteiger partial charge in [-0.15, -0.1) is 0 Å². The molecule has 0 N–H and O–H groups in total. The molecule has 2 rings (SSSR count). The highest BCUT2D eigenvalue weighted by molar-refractivity contribution is 5.74. The van der Waals surface area contributed by atoms with E-state index >= 15 is 0 Å². The smallest absolute Gasteiger partial charge is 0.169 e. The first-order valence-electron chi connectivity index (χ1n) is 6.24. The van der Waals surface area contributed by atoms with Gasteiger partial charge in [0.1, 0.15) is 5.82 Å². The number of rotatable bonds is 2. The van der Waals surface area contributed by atoms with Crippen LogP contribution >= 0.6 is 0 Å². The van der Waals surface area contributed by atoms with E-state index in [1.807, 2.05) is 13.0 Å². The third-order valence-electron chi connectivity index (χ3n) is 3.29. The quantitative estimate of drug-likeness (QED) is 0.642. The van der Waals surface area contributed by atoms with Crippen LogP contribution in [-0.2, 0) is 0 Å². The van der Waals surface area contributed by atoms with Crippen LogP contribution in [0.25, 0.3) is 16.7 Å². The van der Waals surface area contributed by atoms with Crippen molar-refractivity contribution in [1.29, 1.82) is 0 Å². The minimum absolute atomic E-state index is 0.0336. The van der Waals surface area contributed by atoms with Gasteiger partial charge >= 0.3 is 0 Å².